The molecule has 6 heteroatoms. The van der Waals surface area contributed by atoms with Crippen molar-refractivity contribution in [1.29, 1.82) is 0 Å². The summed E-state index contributed by atoms with van der Waals surface area (Å²) in [6, 6.07) is 8.18. The third-order valence-corrected chi connectivity index (χ3v) is 4.23. The number of ether oxygens (including phenoxy) is 1. The molecule has 2 amide bonds. The van der Waals surface area contributed by atoms with Gasteiger partial charge in [0.15, 0.2) is 0 Å². The minimum Gasteiger partial charge on any atom is -0.450 e. The topological polar surface area (TPSA) is 53.1 Å². The second-order valence-corrected chi connectivity index (χ2v) is 5.92. The molecule has 1 saturated heterocycles. The average molecular weight is 333 g/mol. The van der Waals surface area contributed by atoms with Crippen LogP contribution in [0.3, 0.4) is 0 Å². The number of anilines is 1. The van der Waals surface area contributed by atoms with Crippen molar-refractivity contribution in [3.63, 3.8) is 0 Å². The number of rotatable bonds is 5. The summed E-state index contributed by atoms with van der Waals surface area (Å²) in [7, 11) is 0. The van der Waals surface area contributed by atoms with E-state index in [0.717, 1.165) is 12.2 Å². The molecule has 1 heterocycles. The third kappa shape index (κ3) is 4.63. The molecule has 1 aliphatic heterocycles. The maximum absolute atomic E-state index is 12.6. The molecule has 0 spiro atoms. The molecular formula is C18H27N3O3. The number of carbonyl (C=O) groups excluding carboxylic acids is 2. The van der Waals surface area contributed by atoms with E-state index in [1.54, 1.807) is 11.8 Å². The second-order valence-electron chi connectivity index (χ2n) is 5.92. The van der Waals surface area contributed by atoms with Crippen LogP contribution in [0.2, 0.25) is 0 Å². The highest BCUT2D eigenvalue weighted by Gasteiger charge is 2.25. The monoisotopic (exact) mass is 333 g/mol. The number of hydrogen-bond donors (Lipinski definition) is 0. The minimum absolute atomic E-state index is 0.0989. The zero-order chi connectivity index (χ0) is 17.5. The molecule has 6 nitrogen and oxygen atoms in total. The van der Waals surface area contributed by atoms with Crippen molar-refractivity contribution in [2.75, 3.05) is 50.8 Å². The van der Waals surface area contributed by atoms with E-state index in [4.69, 9.17) is 4.74 Å². The second kappa shape index (κ2) is 8.57. The van der Waals surface area contributed by atoms with E-state index in [-0.39, 0.29) is 12.0 Å². The van der Waals surface area contributed by atoms with Crippen molar-refractivity contribution in [3.8, 4) is 0 Å². The molecule has 1 aromatic carbocycles. The third-order valence-electron chi connectivity index (χ3n) is 4.23. The normalized spacial score (nSPS) is 14.5. The molecule has 0 atom stereocenters. The Kier molecular flexibility index (Phi) is 6.46. The maximum Gasteiger partial charge on any atom is 0.409 e. The number of hydrogen-bond acceptors (Lipinski definition) is 4. The lowest BCUT2D eigenvalue weighted by Gasteiger charge is -2.35. The zero-order valence-electron chi connectivity index (χ0n) is 14.8. The molecule has 0 bridgehead atoms. The van der Waals surface area contributed by atoms with Gasteiger partial charge < -0.3 is 19.4 Å². The lowest BCUT2D eigenvalue weighted by Crippen LogP contribution is -2.52. The standard InChI is InChI=1S/C18H27N3O3/c1-4-19(16-8-6-7-15(3)13-16)14-17(22)20-9-11-21(12-10-20)18(23)24-5-2/h6-8,13H,4-5,9-12,14H2,1-3H3. The van der Waals surface area contributed by atoms with Crippen molar-refractivity contribution in [1.82, 2.24) is 9.80 Å². The molecule has 132 valence electrons. The zero-order valence-corrected chi connectivity index (χ0v) is 14.8. The van der Waals surface area contributed by atoms with Crippen molar-refractivity contribution >= 4 is 17.7 Å². The van der Waals surface area contributed by atoms with Crippen molar-refractivity contribution in [3.05, 3.63) is 29.8 Å². The molecule has 0 saturated carbocycles. The van der Waals surface area contributed by atoms with Crippen LogP contribution in [-0.4, -0.2) is 67.7 Å². The van der Waals surface area contributed by atoms with Gasteiger partial charge in [-0.1, -0.05) is 12.1 Å². The SMILES string of the molecule is CCOC(=O)N1CCN(C(=O)CN(CC)c2cccc(C)c2)CC1. The fourth-order valence-corrected chi connectivity index (χ4v) is 2.83. The summed E-state index contributed by atoms with van der Waals surface area (Å²) >= 11 is 0. The fraction of sp³-hybridized carbons (Fsp3) is 0.556. The molecule has 24 heavy (non-hydrogen) atoms. The van der Waals surface area contributed by atoms with Gasteiger partial charge in [0, 0.05) is 38.4 Å². The van der Waals surface area contributed by atoms with Crippen LogP contribution < -0.4 is 4.90 Å². The number of likely N-dealkylation sites (N-methyl/N-ethyl adjacent to an activating group) is 1. The lowest BCUT2D eigenvalue weighted by molar-refractivity contribution is -0.131. The van der Waals surface area contributed by atoms with Crippen LogP contribution in [0.4, 0.5) is 10.5 Å². The largest absolute Gasteiger partial charge is 0.450 e. The Morgan fingerprint density at radius 3 is 2.38 bits per heavy atom. The molecule has 1 aromatic rings. The van der Waals surface area contributed by atoms with Crippen LogP contribution in [0, 0.1) is 6.92 Å². The molecular weight excluding hydrogens is 306 g/mol. The number of nitrogens with zero attached hydrogens (tertiary/aromatic N) is 3. The predicted molar refractivity (Wildman–Crippen MR) is 94.2 cm³/mol. The van der Waals surface area contributed by atoms with Crippen LogP contribution >= 0.6 is 0 Å². The molecule has 1 aliphatic rings. The Hall–Kier alpha value is -2.24. The molecule has 0 radical (unpaired) electrons. The summed E-state index contributed by atoms with van der Waals surface area (Å²) in [6.45, 7) is 9.58. The van der Waals surface area contributed by atoms with Crippen LogP contribution in [-0.2, 0) is 9.53 Å². The molecule has 0 aromatic heterocycles. The van der Waals surface area contributed by atoms with Gasteiger partial charge in [0.1, 0.15) is 0 Å². The fourth-order valence-electron chi connectivity index (χ4n) is 2.83. The van der Waals surface area contributed by atoms with Crippen LogP contribution in [0.25, 0.3) is 0 Å². The summed E-state index contributed by atoms with van der Waals surface area (Å²) in [5, 5.41) is 0. The first kappa shape index (κ1) is 18.1. The van der Waals surface area contributed by atoms with E-state index in [1.165, 1.54) is 5.56 Å². The first-order valence-corrected chi connectivity index (χ1v) is 8.56. The van der Waals surface area contributed by atoms with Gasteiger partial charge in [0.2, 0.25) is 5.91 Å². The average Bonchev–Trinajstić information content (AvgIpc) is 2.59. The Bertz CT molecular complexity index is 568. The first-order valence-electron chi connectivity index (χ1n) is 8.56. The molecule has 0 N–H and O–H groups in total. The number of amides is 2. The lowest BCUT2D eigenvalue weighted by atomic mass is 10.2. The molecule has 1 fully saturated rings. The van der Waals surface area contributed by atoms with Crippen LogP contribution in [0.15, 0.2) is 24.3 Å². The summed E-state index contributed by atoms with van der Waals surface area (Å²) in [5.74, 6) is 0.0989. The van der Waals surface area contributed by atoms with Gasteiger partial charge in [-0.05, 0) is 38.5 Å². The highest BCUT2D eigenvalue weighted by molar-refractivity contribution is 5.82. The smallest absolute Gasteiger partial charge is 0.409 e. The van der Waals surface area contributed by atoms with Gasteiger partial charge in [0.05, 0.1) is 13.2 Å². The molecule has 0 aliphatic carbocycles. The van der Waals surface area contributed by atoms with Gasteiger partial charge in [0.25, 0.3) is 0 Å². The summed E-state index contributed by atoms with van der Waals surface area (Å²) in [6.07, 6.45) is -0.292. The highest BCUT2D eigenvalue weighted by atomic mass is 16.6. The molecule has 2 rings (SSSR count). The van der Waals surface area contributed by atoms with Crippen LogP contribution in [0.1, 0.15) is 19.4 Å². The van der Waals surface area contributed by atoms with Crippen molar-refractivity contribution in [2.45, 2.75) is 20.8 Å². The van der Waals surface area contributed by atoms with Crippen molar-refractivity contribution in [2.24, 2.45) is 0 Å². The van der Waals surface area contributed by atoms with Gasteiger partial charge in [-0.3, -0.25) is 4.79 Å². The summed E-state index contributed by atoms with van der Waals surface area (Å²) < 4.78 is 5.00. The highest BCUT2D eigenvalue weighted by Crippen LogP contribution is 2.16. The summed E-state index contributed by atoms with van der Waals surface area (Å²) in [5.41, 5.74) is 2.25. The van der Waals surface area contributed by atoms with Gasteiger partial charge >= 0.3 is 6.09 Å². The Balaban J connectivity index is 1.89. The van der Waals surface area contributed by atoms with E-state index >= 15 is 0 Å². The van der Waals surface area contributed by atoms with E-state index in [2.05, 4.69) is 11.0 Å². The Morgan fingerprint density at radius 2 is 1.79 bits per heavy atom. The van der Waals surface area contributed by atoms with E-state index < -0.39 is 0 Å². The van der Waals surface area contributed by atoms with Gasteiger partial charge in [-0.15, -0.1) is 0 Å². The Morgan fingerprint density at radius 1 is 1.12 bits per heavy atom. The maximum atomic E-state index is 12.6. The van der Waals surface area contributed by atoms with Gasteiger partial charge in [-0.2, -0.15) is 0 Å². The van der Waals surface area contributed by atoms with Crippen molar-refractivity contribution < 1.29 is 14.3 Å². The minimum atomic E-state index is -0.292. The number of carbonyl (C=O) groups is 2. The Labute approximate surface area is 144 Å². The quantitative estimate of drug-likeness (QED) is 0.828. The molecule has 0 unspecified atom stereocenters. The number of benzene rings is 1. The van der Waals surface area contributed by atoms with E-state index in [9.17, 15) is 9.59 Å². The first-order chi connectivity index (χ1) is 11.5. The van der Waals surface area contributed by atoms with Crippen LogP contribution in [0.5, 0.6) is 0 Å². The summed E-state index contributed by atoms with van der Waals surface area (Å²) in [4.78, 5) is 29.8. The number of piperazine rings is 1. The number of aryl methyl sites for hydroxylation is 1. The predicted octanol–water partition coefficient (Wildman–Crippen LogP) is 2.12. The van der Waals surface area contributed by atoms with E-state index in [1.807, 2.05) is 36.9 Å². The van der Waals surface area contributed by atoms with Gasteiger partial charge in [-0.25, -0.2) is 4.79 Å². The van der Waals surface area contributed by atoms with E-state index in [0.29, 0.717) is 39.3 Å².